The summed E-state index contributed by atoms with van der Waals surface area (Å²) in [6, 6.07) is 14.5. The Kier molecular flexibility index (Phi) is 4.84. The molecule has 0 unspecified atom stereocenters. The Hall–Kier alpha value is -3.19. The van der Waals surface area contributed by atoms with Crippen molar-refractivity contribution in [2.75, 3.05) is 0 Å². The fourth-order valence-electron chi connectivity index (χ4n) is 2.51. The van der Waals surface area contributed by atoms with E-state index in [1.165, 1.54) is 0 Å². The van der Waals surface area contributed by atoms with Crippen molar-refractivity contribution in [3.05, 3.63) is 65.3 Å². The summed E-state index contributed by atoms with van der Waals surface area (Å²) in [5.74, 6) is 0.684. The molecule has 7 nitrogen and oxygen atoms in total. The summed E-state index contributed by atoms with van der Waals surface area (Å²) in [6.45, 7) is -0.0973. The highest BCUT2D eigenvalue weighted by molar-refractivity contribution is 6.30. The summed E-state index contributed by atoms with van der Waals surface area (Å²) in [4.78, 5) is 20.4. The van der Waals surface area contributed by atoms with Gasteiger partial charge in [-0.05, 0) is 24.3 Å². The molecular weight excluding hydrogens is 370 g/mol. The Bertz CT molecular complexity index is 1060. The van der Waals surface area contributed by atoms with Crippen LogP contribution in [0.2, 0.25) is 5.02 Å². The van der Waals surface area contributed by atoms with Crippen LogP contribution >= 0.6 is 11.6 Å². The van der Waals surface area contributed by atoms with E-state index in [4.69, 9.17) is 25.3 Å². The molecule has 27 heavy (non-hydrogen) atoms. The third-order valence-corrected chi connectivity index (χ3v) is 4.02. The number of fused-ring (bicyclic) bond motifs is 1. The molecule has 0 bridgehead atoms. The van der Waals surface area contributed by atoms with Crippen molar-refractivity contribution >= 4 is 28.7 Å². The molecule has 0 atom stereocenters. The highest BCUT2D eigenvalue weighted by atomic mass is 35.5. The summed E-state index contributed by atoms with van der Waals surface area (Å²) in [5, 5.41) is 4.44. The topological polar surface area (TPSA) is 91.2 Å². The monoisotopic (exact) mass is 383 g/mol. The second-order valence-electron chi connectivity index (χ2n) is 5.76. The molecule has 0 fully saturated rings. The normalized spacial score (nSPS) is 11.0. The van der Waals surface area contributed by atoms with Crippen LogP contribution in [0.1, 0.15) is 18.2 Å². The fraction of sp³-hybridized carbons (Fsp3) is 0.158. The zero-order chi connectivity index (χ0) is 18.6. The lowest BCUT2D eigenvalue weighted by molar-refractivity contribution is -0.145. The number of ether oxygens (including phenoxy) is 1. The minimum atomic E-state index is -0.403. The van der Waals surface area contributed by atoms with Crippen LogP contribution in [-0.2, 0) is 22.6 Å². The average molecular weight is 384 g/mol. The van der Waals surface area contributed by atoms with Crippen LogP contribution in [-0.4, -0.2) is 21.1 Å². The number of carbonyl (C=O) groups is 1. The molecule has 2 heterocycles. The number of nitrogens with zero attached hydrogens (tertiary/aromatic N) is 3. The number of benzene rings is 2. The lowest BCUT2D eigenvalue weighted by Gasteiger charge is -1.99. The van der Waals surface area contributed by atoms with Crippen molar-refractivity contribution in [2.45, 2.75) is 19.4 Å². The van der Waals surface area contributed by atoms with Gasteiger partial charge in [-0.2, -0.15) is 4.98 Å². The number of aromatic nitrogens is 3. The molecule has 0 aliphatic rings. The first-order chi connectivity index (χ1) is 13.2. The Morgan fingerprint density at radius 3 is 2.81 bits per heavy atom. The zero-order valence-electron chi connectivity index (χ0n) is 14.1. The maximum Gasteiger partial charge on any atom is 0.306 e. The van der Waals surface area contributed by atoms with Crippen molar-refractivity contribution in [3.8, 4) is 11.4 Å². The second kappa shape index (κ2) is 7.59. The van der Waals surface area contributed by atoms with Gasteiger partial charge in [0.05, 0.1) is 6.42 Å². The number of halogens is 1. The summed E-state index contributed by atoms with van der Waals surface area (Å²) in [7, 11) is 0. The molecule has 0 N–H and O–H groups in total. The first kappa shape index (κ1) is 17.2. The van der Waals surface area contributed by atoms with Gasteiger partial charge in [-0.3, -0.25) is 4.79 Å². The number of oxazole rings is 1. The Labute approximate surface area is 158 Å². The first-order valence-corrected chi connectivity index (χ1v) is 8.64. The van der Waals surface area contributed by atoms with Crippen LogP contribution in [0, 0.1) is 0 Å². The molecule has 2 aromatic heterocycles. The van der Waals surface area contributed by atoms with E-state index in [1.807, 2.05) is 30.3 Å². The van der Waals surface area contributed by atoms with Crippen molar-refractivity contribution in [1.82, 2.24) is 15.1 Å². The molecule has 8 heteroatoms. The van der Waals surface area contributed by atoms with Gasteiger partial charge in [0.1, 0.15) is 5.52 Å². The van der Waals surface area contributed by atoms with Gasteiger partial charge in [0.15, 0.2) is 18.1 Å². The second-order valence-corrected chi connectivity index (χ2v) is 6.19. The minimum absolute atomic E-state index is 0.0973. The molecule has 2 aromatic carbocycles. The van der Waals surface area contributed by atoms with Crippen molar-refractivity contribution < 1.29 is 18.5 Å². The number of para-hydroxylation sites is 2. The predicted octanol–water partition coefficient (Wildman–Crippen LogP) is 4.21. The van der Waals surface area contributed by atoms with Gasteiger partial charge in [0, 0.05) is 17.0 Å². The van der Waals surface area contributed by atoms with Gasteiger partial charge in [-0.25, -0.2) is 4.98 Å². The Morgan fingerprint density at radius 2 is 1.96 bits per heavy atom. The van der Waals surface area contributed by atoms with Crippen molar-refractivity contribution in [3.63, 3.8) is 0 Å². The van der Waals surface area contributed by atoms with Gasteiger partial charge in [0.2, 0.25) is 5.82 Å². The number of esters is 1. The molecule has 0 amide bonds. The largest absolute Gasteiger partial charge is 0.456 e. The molecule has 0 radical (unpaired) electrons. The lowest BCUT2D eigenvalue weighted by Crippen LogP contribution is -2.06. The van der Waals surface area contributed by atoms with Gasteiger partial charge < -0.3 is 13.7 Å². The highest BCUT2D eigenvalue weighted by Gasteiger charge is 2.13. The van der Waals surface area contributed by atoms with Gasteiger partial charge in [-0.15, -0.1) is 0 Å². The maximum absolute atomic E-state index is 11.9. The molecule has 4 aromatic rings. The highest BCUT2D eigenvalue weighted by Crippen LogP contribution is 2.20. The van der Waals surface area contributed by atoms with E-state index in [-0.39, 0.29) is 18.9 Å². The number of aryl methyl sites for hydroxylation is 1. The van der Waals surface area contributed by atoms with Crippen molar-refractivity contribution in [1.29, 1.82) is 0 Å². The number of hydrogen-bond acceptors (Lipinski definition) is 7. The van der Waals surface area contributed by atoms with Crippen LogP contribution < -0.4 is 0 Å². The molecule has 0 spiro atoms. The first-order valence-electron chi connectivity index (χ1n) is 8.26. The number of hydrogen-bond donors (Lipinski definition) is 0. The van der Waals surface area contributed by atoms with Gasteiger partial charge in [0.25, 0.3) is 5.89 Å². The number of carbonyl (C=O) groups excluding carboxylic acids is 1. The SMILES string of the molecule is O=C(CCc1nc2ccccc2o1)OCc1nc(-c2cccc(Cl)c2)no1. The maximum atomic E-state index is 11.9. The van der Waals surface area contributed by atoms with E-state index < -0.39 is 5.97 Å². The molecule has 4 rings (SSSR count). The summed E-state index contributed by atoms with van der Waals surface area (Å²) in [6.07, 6.45) is 0.493. The van der Waals surface area contributed by atoms with Crippen LogP contribution in [0.5, 0.6) is 0 Å². The summed E-state index contributed by atoms with van der Waals surface area (Å²) < 4.78 is 15.8. The van der Waals surface area contributed by atoms with E-state index in [0.29, 0.717) is 28.7 Å². The van der Waals surface area contributed by atoms with Crippen LogP contribution in [0.4, 0.5) is 0 Å². The molecule has 0 aliphatic carbocycles. The lowest BCUT2D eigenvalue weighted by atomic mass is 10.2. The van der Waals surface area contributed by atoms with Gasteiger partial charge in [-0.1, -0.05) is 41.0 Å². The average Bonchev–Trinajstić information content (AvgIpc) is 3.31. The van der Waals surface area contributed by atoms with Crippen LogP contribution in [0.25, 0.3) is 22.5 Å². The van der Waals surface area contributed by atoms with E-state index >= 15 is 0 Å². The van der Waals surface area contributed by atoms with E-state index in [2.05, 4.69) is 15.1 Å². The molecular formula is C19H14ClN3O4. The van der Waals surface area contributed by atoms with E-state index in [9.17, 15) is 4.79 Å². The van der Waals surface area contributed by atoms with Crippen molar-refractivity contribution in [2.24, 2.45) is 0 Å². The fourth-order valence-corrected chi connectivity index (χ4v) is 2.70. The van der Waals surface area contributed by atoms with Crippen LogP contribution in [0.3, 0.4) is 0 Å². The zero-order valence-corrected chi connectivity index (χ0v) is 14.8. The Balaban J connectivity index is 1.30. The van der Waals surface area contributed by atoms with Crippen LogP contribution in [0.15, 0.2) is 57.5 Å². The van der Waals surface area contributed by atoms with E-state index in [0.717, 1.165) is 11.1 Å². The summed E-state index contributed by atoms with van der Waals surface area (Å²) in [5.41, 5.74) is 2.18. The standard InChI is InChI=1S/C19H14ClN3O4/c20-13-5-3-4-12(10-13)19-22-17(27-23-19)11-25-18(24)9-8-16-21-14-6-1-2-7-15(14)26-16/h1-7,10H,8-9,11H2. The third-order valence-electron chi connectivity index (χ3n) is 3.79. The smallest absolute Gasteiger partial charge is 0.306 e. The van der Waals surface area contributed by atoms with Gasteiger partial charge >= 0.3 is 5.97 Å². The number of rotatable bonds is 6. The molecule has 0 saturated heterocycles. The molecule has 136 valence electrons. The van der Waals surface area contributed by atoms with E-state index in [1.54, 1.807) is 18.2 Å². The summed E-state index contributed by atoms with van der Waals surface area (Å²) >= 11 is 5.95. The molecule has 0 aliphatic heterocycles. The minimum Gasteiger partial charge on any atom is -0.456 e. The Morgan fingerprint density at radius 1 is 1.07 bits per heavy atom. The third kappa shape index (κ3) is 4.15. The predicted molar refractivity (Wildman–Crippen MR) is 96.9 cm³/mol. The quantitative estimate of drug-likeness (QED) is 0.460. The molecule has 0 saturated carbocycles.